The lowest BCUT2D eigenvalue weighted by atomic mass is 10.0. The molecule has 4 rings (SSSR count). The number of Topliss-reactive ketones (excluding diaryl/α,β-unsaturated/α-hetero) is 1. The van der Waals surface area contributed by atoms with Gasteiger partial charge < -0.3 is 15.4 Å². The summed E-state index contributed by atoms with van der Waals surface area (Å²) in [6.07, 6.45) is 2.07. The number of carbonyl (C=O) groups excluding carboxylic acids is 3. The molecule has 10 heteroatoms. The number of fused-ring (bicyclic) bond motifs is 2. The van der Waals surface area contributed by atoms with E-state index in [0.29, 0.717) is 33.9 Å². The lowest BCUT2D eigenvalue weighted by Gasteiger charge is -2.29. The van der Waals surface area contributed by atoms with Crippen molar-refractivity contribution < 1.29 is 19.1 Å². The molecule has 0 fully saturated rings. The summed E-state index contributed by atoms with van der Waals surface area (Å²) in [4.78, 5) is 56.8. The number of nitrogens with two attached hydrogens (primary N) is 1. The minimum atomic E-state index is -0.853. The maximum absolute atomic E-state index is 13.3. The average Bonchev–Trinajstić information content (AvgIpc) is 3.12. The fraction of sp³-hybridized carbons (Fsp3) is 0.318. The zero-order chi connectivity index (χ0) is 23.2. The number of hydrogen-bond donors (Lipinski definition) is 1. The van der Waals surface area contributed by atoms with Gasteiger partial charge in [0.2, 0.25) is 0 Å². The number of benzene rings is 1. The molecule has 2 N–H and O–H groups in total. The molecule has 0 spiro atoms. The number of rotatable bonds is 6. The standard InChI is InChI=1S/C22H22N4O5S/c1-4-7-25-14-8-13(5-6-15(14)31-9-16(25)27)18(28)12(3)26-10-24-21-17(22(26)30)11(2)19(32-21)20(23)29/h5-6,8,10,12H,4,7,9H2,1-3H3,(H2,23,29). The Morgan fingerprint density at radius 3 is 2.75 bits per heavy atom. The van der Waals surface area contributed by atoms with Crippen molar-refractivity contribution in [1.82, 2.24) is 9.55 Å². The van der Waals surface area contributed by atoms with Crippen LogP contribution >= 0.6 is 11.3 Å². The summed E-state index contributed by atoms with van der Waals surface area (Å²) in [5, 5.41) is 0.282. The number of nitrogens with zero attached hydrogens (tertiary/aromatic N) is 3. The van der Waals surface area contributed by atoms with Gasteiger partial charge in [-0.1, -0.05) is 6.92 Å². The van der Waals surface area contributed by atoms with Crippen LogP contribution in [0.3, 0.4) is 0 Å². The van der Waals surface area contributed by atoms with Crippen LogP contribution in [0.1, 0.15) is 51.9 Å². The van der Waals surface area contributed by atoms with Crippen LogP contribution in [0.2, 0.25) is 0 Å². The van der Waals surface area contributed by atoms with Gasteiger partial charge in [-0.05, 0) is 44.0 Å². The SMILES string of the molecule is CCCN1C(=O)COc2ccc(C(=O)C(C)n3cnc4sc(C(N)=O)c(C)c4c3=O)cc21. The zero-order valence-electron chi connectivity index (χ0n) is 17.9. The third-order valence-corrected chi connectivity index (χ3v) is 6.74. The summed E-state index contributed by atoms with van der Waals surface area (Å²) in [6.45, 7) is 5.69. The van der Waals surface area contributed by atoms with Crippen molar-refractivity contribution in [2.45, 2.75) is 33.2 Å². The molecule has 1 aliphatic heterocycles. The second-order valence-electron chi connectivity index (χ2n) is 7.61. The highest BCUT2D eigenvalue weighted by Gasteiger charge is 2.28. The number of anilines is 1. The summed E-state index contributed by atoms with van der Waals surface area (Å²) in [7, 11) is 0. The number of carbonyl (C=O) groups is 3. The third-order valence-electron chi connectivity index (χ3n) is 5.53. The van der Waals surface area contributed by atoms with Crippen molar-refractivity contribution in [1.29, 1.82) is 0 Å². The highest BCUT2D eigenvalue weighted by molar-refractivity contribution is 7.20. The number of hydrogen-bond acceptors (Lipinski definition) is 7. The predicted molar refractivity (Wildman–Crippen MR) is 121 cm³/mol. The van der Waals surface area contributed by atoms with E-state index in [2.05, 4.69) is 4.98 Å². The molecule has 9 nitrogen and oxygen atoms in total. The van der Waals surface area contributed by atoms with E-state index in [-0.39, 0.29) is 28.6 Å². The maximum Gasteiger partial charge on any atom is 0.265 e. The fourth-order valence-corrected chi connectivity index (χ4v) is 4.83. The first kappa shape index (κ1) is 21.7. The van der Waals surface area contributed by atoms with Crippen LogP contribution in [0.25, 0.3) is 10.2 Å². The summed E-state index contributed by atoms with van der Waals surface area (Å²) in [6, 6.07) is 4.05. The van der Waals surface area contributed by atoms with Crippen LogP contribution in [-0.2, 0) is 4.79 Å². The highest BCUT2D eigenvalue weighted by atomic mass is 32.1. The number of amides is 2. The molecule has 0 saturated heterocycles. The molecule has 2 amide bonds. The number of aromatic nitrogens is 2. The largest absolute Gasteiger partial charge is 0.482 e. The zero-order valence-corrected chi connectivity index (χ0v) is 18.7. The van der Waals surface area contributed by atoms with Crippen LogP contribution in [-0.4, -0.2) is 40.3 Å². The van der Waals surface area contributed by atoms with Gasteiger partial charge in [0.15, 0.2) is 12.4 Å². The van der Waals surface area contributed by atoms with Crippen molar-refractivity contribution in [3.8, 4) is 5.75 Å². The number of aryl methyl sites for hydroxylation is 1. The molecule has 1 aliphatic rings. The normalized spacial score (nSPS) is 14.2. The Morgan fingerprint density at radius 1 is 1.31 bits per heavy atom. The number of ketones is 1. The first-order chi connectivity index (χ1) is 15.2. The van der Waals surface area contributed by atoms with Crippen LogP contribution in [0.15, 0.2) is 29.3 Å². The molecule has 3 heterocycles. The van der Waals surface area contributed by atoms with E-state index in [4.69, 9.17) is 10.5 Å². The predicted octanol–water partition coefficient (Wildman–Crippen LogP) is 2.44. The summed E-state index contributed by atoms with van der Waals surface area (Å²) in [5.41, 5.74) is 6.33. The summed E-state index contributed by atoms with van der Waals surface area (Å²) >= 11 is 1.06. The second-order valence-corrected chi connectivity index (χ2v) is 8.61. The Bertz CT molecular complexity index is 1330. The smallest absolute Gasteiger partial charge is 0.265 e. The highest BCUT2D eigenvalue weighted by Crippen LogP contribution is 2.34. The van der Waals surface area contributed by atoms with Gasteiger partial charge in [-0.15, -0.1) is 11.3 Å². The molecule has 3 aromatic rings. The van der Waals surface area contributed by atoms with Gasteiger partial charge in [-0.25, -0.2) is 4.98 Å². The molecule has 1 aromatic carbocycles. The van der Waals surface area contributed by atoms with E-state index in [1.54, 1.807) is 36.9 Å². The molecule has 166 valence electrons. The third kappa shape index (κ3) is 3.46. The maximum atomic E-state index is 13.3. The lowest BCUT2D eigenvalue weighted by Crippen LogP contribution is -2.39. The van der Waals surface area contributed by atoms with E-state index >= 15 is 0 Å². The molecule has 0 radical (unpaired) electrons. The van der Waals surface area contributed by atoms with Gasteiger partial charge in [0, 0.05) is 12.1 Å². The van der Waals surface area contributed by atoms with Crippen LogP contribution in [0.4, 0.5) is 5.69 Å². The van der Waals surface area contributed by atoms with Gasteiger partial charge in [-0.2, -0.15) is 0 Å². The minimum Gasteiger partial charge on any atom is -0.482 e. The van der Waals surface area contributed by atoms with Gasteiger partial charge in [-0.3, -0.25) is 23.7 Å². The Kier molecular flexibility index (Phi) is 5.55. The van der Waals surface area contributed by atoms with Crippen LogP contribution in [0, 0.1) is 6.92 Å². The lowest BCUT2D eigenvalue weighted by molar-refractivity contribution is -0.121. The van der Waals surface area contributed by atoms with Gasteiger partial charge in [0.1, 0.15) is 10.6 Å². The van der Waals surface area contributed by atoms with Crippen molar-refractivity contribution in [3.05, 3.63) is 50.9 Å². The van der Waals surface area contributed by atoms with Gasteiger partial charge >= 0.3 is 0 Å². The van der Waals surface area contributed by atoms with Crippen LogP contribution < -0.4 is 20.9 Å². The second kappa shape index (κ2) is 8.19. The molecular formula is C22H22N4O5S. The Balaban J connectivity index is 1.73. The Morgan fingerprint density at radius 2 is 2.06 bits per heavy atom. The van der Waals surface area contributed by atoms with E-state index in [9.17, 15) is 19.2 Å². The molecule has 1 unspecified atom stereocenters. The minimum absolute atomic E-state index is 0.0367. The van der Waals surface area contributed by atoms with Crippen molar-refractivity contribution >= 4 is 44.8 Å². The van der Waals surface area contributed by atoms with Crippen molar-refractivity contribution in [2.24, 2.45) is 5.73 Å². The molecule has 0 saturated carbocycles. The van der Waals surface area contributed by atoms with E-state index in [1.807, 2.05) is 6.92 Å². The molecular weight excluding hydrogens is 432 g/mol. The number of thiophene rings is 1. The molecule has 0 bridgehead atoms. The van der Waals surface area contributed by atoms with Crippen LogP contribution in [0.5, 0.6) is 5.75 Å². The van der Waals surface area contributed by atoms with Gasteiger partial charge in [0.05, 0.1) is 28.3 Å². The Hall–Kier alpha value is -3.53. The summed E-state index contributed by atoms with van der Waals surface area (Å²) in [5.74, 6) is -0.562. The first-order valence-electron chi connectivity index (χ1n) is 10.2. The number of ether oxygens (including phenoxy) is 1. The van der Waals surface area contributed by atoms with Crippen molar-refractivity contribution in [2.75, 3.05) is 18.1 Å². The monoisotopic (exact) mass is 454 g/mol. The fourth-order valence-electron chi connectivity index (χ4n) is 3.84. The topological polar surface area (TPSA) is 125 Å². The average molecular weight is 455 g/mol. The Labute approximate surface area is 187 Å². The van der Waals surface area contributed by atoms with E-state index in [0.717, 1.165) is 17.8 Å². The van der Waals surface area contributed by atoms with E-state index in [1.165, 1.54) is 10.9 Å². The molecule has 2 aromatic heterocycles. The molecule has 0 aliphatic carbocycles. The molecule has 32 heavy (non-hydrogen) atoms. The molecule has 1 atom stereocenters. The first-order valence-corrected chi connectivity index (χ1v) is 11.0. The van der Waals surface area contributed by atoms with Gasteiger partial charge in [0.25, 0.3) is 17.4 Å². The van der Waals surface area contributed by atoms with E-state index < -0.39 is 17.5 Å². The quantitative estimate of drug-likeness (QED) is 0.571. The summed E-state index contributed by atoms with van der Waals surface area (Å²) < 4.78 is 6.74. The van der Waals surface area contributed by atoms with Crippen molar-refractivity contribution in [3.63, 3.8) is 0 Å². The number of primary amides is 1.